The van der Waals surface area contributed by atoms with Crippen molar-refractivity contribution in [1.29, 1.82) is 0 Å². The topological polar surface area (TPSA) is 26.3 Å². The van der Waals surface area contributed by atoms with Crippen LogP contribution in [0.5, 0.6) is 5.75 Å². The van der Waals surface area contributed by atoms with Gasteiger partial charge in [0.2, 0.25) is 0 Å². The zero-order valence-electron chi connectivity index (χ0n) is 10.3. The molecule has 0 atom stereocenters. The highest BCUT2D eigenvalue weighted by atomic mass is 35.5. The van der Waals surface area contributed by atoms with E-state index in [1.165, 1.54) is 0 Å². The van der Waals surface area contributed by atoms with E-state index in [9.17, 15) is 4.79 Å². The van der Waals surface area contributed by atoms with E-state index >= 15 is 0 Å². The molecule has 0 saturated heterocycles. The third-order valence-corrected chi connectivity index (χ3v) is 3.30. The zero-order chi connectivity index (χ0) is 13.2. The lowest BCUT2D eigenvalue weighted by atomic mass is 10.0. The molecule has 0 bridgehead atoms. The Bertz CT molecular complexity index is 583. The summed E-state index contributed by atoms with van der Waals surface area (Å²) in [6, 6.07) is 14.2. The minimum atomic E-state index is -0.00496. The monoisotopic (exact) mass is 272 g/mol. The lowest BCUT2D eigenvalue weighted by Gasteiger charge is -2.05. The normalized spacial score (nSPS) is 14.2. The molecule has 0 spiro atoms. The van der Waals surface area contributed by atoms with E-state index in [-0.39, 0.29) is 5.78 Å². The number of carbonyl (C=O) groups excluding carboxylic acids is 1. The van der Waals surface area contributed by atoms with E-state index in [0.717, 1.165) is 18.6 Å². The molecule has 0 N–H and O–H groups in total. The third-order valence-electron chi connectivity index (χ3n) is 3.05. The van der Waals surface area contributed by atoms with Gasteiger partial charge in [-0.05, 0) is 61.4 Å². The Balaban J connectivity index is 1.77. The predicted octanol–water partition coefficient (Wildman–Crippen LogP) is 4.11. The molecule has 3 rings (SSSR count). The van der Waals surface area contributed by atoms with E-state index in [0.29, 0.717) is 22.3 Å². The number of hydrogen-bond acceptors (Lipinski definition) is 2. The molecule has 1 fully saturated rings. The van der Waals surface area contributed by atoms with Crippen LogP contribution < -0.4 is 4.74 Å². The molecular weight excluding hydrogens is 260 g/mol. The van der Waals surface area contributed by atoms with Gasteiger partial charge in [-0.2, -0.15) is 0 Å². The minimum Gasteiger partial charge on any atom is -0.490 e. The molecule has 96 valence electrons. The molecule has 3 heteroatoms. The number of carbonyl (C=O) groups is 1. The van der Waals surface area contributed by atoms with Crippen molar-refractivity contribution in [1.82, 2.24) is 0 Å². The number of hydrogen-bond donors (Lipinski definition) is 0. The number of ether oxygens (including phenoxy) is 1. The molecule has 2 aromatic carbocycles. The molecule has 2 aromatic rings. The maximum absolute atomic E-state index is 12.2. The molecule has 0 unspecified atom stereocenters. The van der Waals surface area contributed by atoms with Gasteiger partial charge in [0, 0.05) is 16.1 Å². The highest BCUT2D eigenvalue weighted by Gasteiger charge is 2.23. The van der Waals surface area contributed by atoms with Gasteiger partial charge in [0.1, 0.15) is 5.75 Å². The summed E-state index contributed by atoms with van der Waals surface area (Å²) in [6.07, 6.45) is 2.63. The summed E-state index contributed by atoms with van der Waals surface area (Å²) >= 11 is 5.81. The molecule has 1 saturated carbocycles. The van der Waals surface area contributed by atoms with Crippen LogP contribution in [-0.2, 0) is 0 Å². The van der Waals surface area contributed by atoms with Crippen LogP contribution in [0.4, 0.5) is 0 Å². The maximum Gasteiger partial charge on any atom is 0.193 e. The second-order valence-electron chi connectivity index (χ2n) is 4.68. The average molecular weight is 273 g/mol. The van der Waals surface area contributed by atoms with E-state index in [4.69, 9.17) is 16.3 Å². The highest BCUT2D eigenvalue weighted by molar-refractivity contribution is 6.30. The van der Waals surface area contributed by atoms with Crippen molar-refractivity contribution in [3.8, 4) is 5.75 Å². The van der Waals surface area contributed by atoms with E-state index in [1.54, 1.807) is 36.4 Å². The SMILES string of the molecule is O=C(c1ccc(Cl)cc1)c1ccc(OC2CC2)cc1. The second kappa shape index (κ2) is 5.06. The molecule has 0 amide bonds. The molecule has 19 heavy (non-hydrogen) atoms. The first-order chi connectivity index (χ1) is 9.22. The Morgan fingerprint density at radius 1 is 0.947 bits per heavy atom. The third kappa shape index (κ3) is 2.96. The number of benzene rings is 2. The van der Waals surface area contributed by atoms with Crippen molar-refractivity contribution in [2.45, 2.75) is 18.9 Å². The Labute approximate surface area is 117 Å². The molecule has 2 nitrogen and oxygen atoms in total. The van der Waals surface area contributed by atoms with Gasteiger partial charge in [0.25, 0.3) is 0 Å². The first-order valence-electron chi connectivity index (χ1n) is 6.29. The van der Waals surface area contributed by atoms with Gasteiger partial charge in [-0.1, -0.05) is 11.6 Å². The highest BCUT2D eigenvalue weighted by Crippen LogP contribution is 2.27. The van der Waals surface area contributed by atoms with Crippen molar-refractivity contribution in [3.05, 3.63) is 64.7 Å². The van der Waals surface area contributed by atoms with Crippen LogP contribution in [0.25, 0.3) is 0 Å². The summed E-state index contributed by atoms with van der Waals surface area (Å²) in [5.41, 5.74) is 1.30. The summed E-state index contributed by atoms with van der Waals surface area (Å²) in [5, 5.41) is 0.629. The van der Waals surface area contributed by atoms with Gasteiger partial charge < -0.3 is 4.74 Å². The summed E-state index contributed by atoms with van der Waals surface area (Å²) < 4.78 is 5.65. The van der Waals surface area contributed by atoms with Crippen molar-refractivity contribution in [2.75, 3.05) is 0 Å². The van der Waals surface area contributed by atoms with Crippen molar-refractivity contribution >= 4 is 17.4 Å². The van der Waals surface area contributed by atoms with Crippen molar-refractivity contribution < 1.29 is 9.53 Å². The summed E-state index contributed by atoms with van der Waals surface area (Å²) in [4.78, 5) is 12.2. The largest absolute Gasteiger partial charge is 0.490 e. The quantitative estimate of drug-likeness (QED) is 0.783. The molecule has 1 aliphatic carbocycles. The molecule has 0 aromatic heterocycles. The van der Waals surface area contributed by atoms with Crippen LogP contribution in [0.2, 0.25) is 5.02 Å². The first kappa shape index (κ1) is 12.2. The van der Waals surface area contributed by atoms with E-state index in [2.05, 4.69) is 0 Å². The average Bonchev–Trinajstić information content (AvgIpc) is 3.24. The molecule has 0 heterocycles. The van der Waals surface area contributed by atoms with E-state index < -0.39 is 0 Å². The predicted molar refractivity (Wildman–Crippen MR) is 75.0 cm³/mol. The Morgan fingerprint density at radius 3 is 2.00 bits per heavy atom. The molecular formula is C16H13ClO2. The van der Waals surface area contributed by atoms with Crippen LogP contribution in [0.15, 0.2) is 48.5 Å². The lowest BCUT2D eigenvalue weighted by molar-refractivity contribution is 0.103. The zero-order valence-corrected chi connectivity index (χ0v) is 11.1. The number of ketones is 1. The standard InChI is InChI=1S/C16H13ClO2/c17-13-5-1-11(2-6-13)16(18)12-3-7-14(8-4-12)19-15-9-10-15/h1-8,15H,9-10H2. The Kier molecular flexibility index (Phi) is 3.26. The van der Waals surface area contributed by atoms with Gasteiger partial charge in [-0.3, -0.25) is 4.79 Å². The molecule has 1 aliphatic rings. The molecule has 0 radical (unpaired) electrons. The maximum atomic E-state index is 12.2. The van der Waals surface area contributed by atoms with E-state index in [1.807, 2.05) is 12.1 Å². The van der Waals surface area contributed by atoms with Crippen LogP contribution in [0.3, 0.4) is 0 Å². The Morgan fingerprint density at radius 2 is 1.47 bits per heavy atom. The fourth-order valence-corrected chi connectivity index (χ4v) is 1.96. The van der Waals surface area contributed by atoms with Crippen LogP contribution in [0, 0.1) is 0 Å². The van der Waals surface area contributed by atoms with Gasteiger partial charge in [-0.15, -0.1) is 0 Å². The van der Waals surface area contributed by atoms with Crippen LogP contribution in [-0.4, -0.2) is 11.9 Å². The van der Waals surface area contributed by atoms with Crippen molar-refractivity contribution in [2.24, 2.45) is 0 Å². The van der Waals surface area contributed by atoms with Crippen LogP contribution >= 0.6 is 11.6 Å². The summed E-state index contributed by atoms with van der Waals surface area (Å²) in [5.74, 6) is 0.824. The Hall–Kier alpha value is -1.80. The first-order valence-corrected chi connectivity index (χ1v) is 6.67. The summed E-state index contributed by atoms with van der Waals surface area (Å²) in [6.45, 7) is 0. The van der Waals surface area contributed by atoms with Gasteiger partial charge in [-0.25, -0.2) is 0 Å². The number of rotatable bonds is 4. The lowest BCUT2D eigenvalue weighted by Crippen LogP contribution is -2.01. The fourth-order valence-electron chi connectivity index (χ4n) is 1.83. The van der Waals surface area contributed by atoms with Gasteiger partial charge >= 0.3 is 0 Å². The summed E-state index contributed by atoms with van der Waals surface area (Å²) in [7, 11) is 0. The van der Waals surface area contributed by atoms with Gasteiger partial charge in [0.15, 0.2) is 5.78 Å². The van der Waals surface area contributed by atoms with Crippen molar-refractivity contribution in [3.63, 3.8) is 0 Å². The smallest absolute Gasteiger partial charge is 0.193 e. The number of halogens is 1. The van der Waals surface area contributed by atoms with Crippen LogP contribution in [0.1, 0.15) is 28.8 Å². The fraction of sp³-hybridized carbons (Fsp3) is 0.188. The minimum absolute atomic E-state index is 0.00496. The van der Waals surface area contributed by atoms with Gasteiger partial charge in [0.05, 0.1) is 6.10 Å². The second-order valence-corrected chi connectivity index (χ2v) is 5.11. The molecule has 0 aliphatic heterocycles.